The van der Waals surface area contributed by atoms with Crippen molar-refractivity contribution in [1.82, 2.24) is 9.55 Å². The van der Waals surface area contributed by atoms with Crippen LogP contribution in [0.15, 0.2) is 24.3 Å². The summed E-state index contributed by atoms with van der Waals surface area (Å²) in [6.07, 6.45) is 0. The predicted molar refractivity (Wildman–Crippen MR) is 120 cm³/mol. The van der Waals surface area contributed by atoms with Crippen LogP contribution >= 0.6 is 0 Å². The molecule has 1 N–H and O–H groups in total. The van der Waals surface area contributed by atoms with Crippen LogP contribution < -0.4 is 0 Å². The van der Waals surface area contributed by atoms with Gasteiger partial charge in [-0.25, -0.2) is 4.79 Å². The molecule has 6 nitrogen and oxygen atoms in total. The number of ether oxygens (including phenoxy) is 1. The monoisotopic (exact) mass is 420 g/mol. The zero-order valence-electron chi connectivity index (χ0n) is 19.1. The van der Waals surface area contributed by atoms with Gasteiger partial charge >= 0.3 is 5.97 Å². The van der Waals surface area contributed by atoms with Gasteiger partial charge in [0.25, 0.3) is 0 Å². The number of benzene rings is 1. The fourth-order valence-electron chi connectivity index (χ4n) is 4.29. The summed E-state index contributed by atoms with van der Waals surface area (Å²) in [5.41, 5.74) is 7.37. The molecule has 0 spiro atoms. The second kappa shape index (κ2) is 8.38. The first-order valence-electron chi connectivity index (χ1n) is 10.2. The van der Waals surface area contributed by atoms with Gasteiger partial charge in [-0.2, -0.15) is 0 Å². The maximum absolute atomic E-state index is 12.8. The number of carbonyl (C=O) groups excluding carboxylic acids is 3. The van der Waals surface area contributed by atoms with E-state index in [0.717, 1.165) is 28.2 Å². The summed E-state index contributed by atoms with van der Waals surface area (Å²) < 4.78 is 7.32. The summed E-state index contributed by atoms with van der Waals surface area (Å²) in [6.45, 7) is 12.4. The zero-order valence-corrected chi connectivity index (χ0v) is 19.1. The second-order valence-corrected chi connectivity index (χ2v) is 8.15. The van der Waals surface area contributed by atoms with E-state index in [2.05, 4.69) is 23.2 Å². The molecule has 0 fully saturated rings. The molecule has 3 aromatic rings. The van der Waals surface area contributed by atoms with Gasteiger partial charge in [0.15, 0.2) is 12.4 Å². The average molecular weight is 421 g/mol. The van der Waals surface area contributed by atoms with Crippen LogP contribution in [0.25, 0.3) is 5.69 Å². The van der Waals surface area contributed by atoms with E-state index in [-0.39, 0.29) is 23.9 Å². The van der Waals surface area contributed by atoms with E-state index in [4.69, 9.17) is 4.74 Å². The van der Waals surface area contributed by atoms with E-state index in [1.165, 1.54) is 6.92 Å². The number of nitrogens with zero attached hydrogens (tertiary/aromatic N) is 1. The maximum Gasteiger partial charge on any atom is 0.355 e. The van der Waals surface area contributed by atoms with Gasteiger partial charge in [-0.15, -0.1) is 0 Å². The standard InChI is InChI=1S/C25H28N2O4/c1-13-8-14(2)10-20(9-13)27-15(3)11-21(18(27)6)22(29)12-31-25(30)24-16(4)23(19(7)28)17(5)26-24/h8-11,26H,12H2,1-7H3. The van der Waals surface area contributed by atoms with Crippen molar-refractivity contribution >= 4 is 17.5 Å². The Morgan fingerprint density at radius 3 is 2.10 bits per heavy atom. The SMILES string of the molecule is CC(=O)c1c(C)[nH]c(C(=O)OCC(=O)c2cc(C)n(-c3cc(C)cc(C)c3)c2C)c1C. The summed E-state index contributed by atoms with van der Waals surface area (Å²) in [6, 6.07) is 8.07. The third kappa shape index (κ3) is 4.24. The molecule has 0 bridgehead atoms. The van der Waals surface area contributed by atoms with Gasteiger partial charge in [0.1, 0.15) is 5.69 Å². The van der Waals surface area contributed by atoms with Gasteiger partial charge in [-0.1, -0.05) is 6.07 Å². The summed E-state index contributed by atoms with van der Waals surface area (Å²) in [7, 11) is 0. The number of hydrogen-bond acceptors (Lipinski definition) is 4. The van der Waals surface area contributed by atoms with Gasteiger partial charge in [-0.05, 0) is 83.4 Å². The number of nitrogens with one attached hydrogen (secondary N) is 1. The minimum Gasteiger partial charge on any atom is -0.453 e. The fraction of sp³-hybridized carbons (Fsp3) is 0.320. The van der Waals surface area contributed by atoms with Gasteiger partial charge in [0.05, 0.1) is 0 Å². The number of aromatic amines is 1. The van der Waals surface area contributed by atoms with Gasteiger partial charge in [-0.3, -0.25) is 9.59 Å². The first-order chi connectivity index (χ1) is 14.5. The van der Waals surface area contributed by atoms with E-state index >= 15 is 0 Å². The van der Waals surface area contributed by atoms with Crippen LogP contribution in [0.3, 0.4) is 0 Å². The minimum atomic E-state index is -0.649. The van der Waals surface area contributed by atoms with Crippen molar-refractivity contribution in [3.8, 4) is 5.69 Å². The number of esters is 1. The highest BCUT2D eigenvalue weighted by Crippen LogP contribution is 2.24. The summed E-state index contributed by atoms with van der Waals surface area (Å²) in [4.78, 5) is 40.0. The Labute approximate surface area is 182 Å². The quantitative estimate of drug-likeness (QED) is 0.454. The molecular weight excluding hydrogens is 392 g/mol. The van der Waals surface area contributed by atoms with Crippen molar-refractivity contribution in [2.75, 3.05) is 6.61 Å². The summed E-state index contributed by atoms with van der Waals surface area (Å²) in [5, 5.41) is 0. The Morgan fingerprint density at radius 1 is 0.935 bits per heavy atom. The lowest BCUT2D eigenvalue weighted by Crippen LogP contribution is -2.16. The highest BCUT2D eigenvalue weighted by molar-refractivity contribution is 6.03. The number of rotatable bonds is 6. The van der Waals surface area contributed by atoms with Crippen LogP contribution in [-0.4, -0.2) is 33.7 Å². The Morgan fingerprint density at radius 2 is 1.55 bits per heavy atom. The number of aromatic nitrogens is 2. The van der Waals surface area contributed by atoms with Crippen LogP contribution in [0.5, 0.6) is 0 Å². The van der Waals surface area contributed by atoms with E-state index < -0.39 is 5.97 Å². The van der Waals surface area contributed by atoms with E-state index in [0.29, 0.717) is 22.4 Å². The van der Waals surface area contributed by atoms with Crippen LogP contribution in [0.2, 0.25) is 0 Å². The topological polar surface area (TPSA) is 81.2 Å². The van der Waals surface area contributed by atoms with Crippen molar-refractivity contribution in [3.05, 3.63) is 74.9 Å². The van der Waals surface area contributed by atoms with Crippen molar-refractivity contribution < 1.29 is 19.1 Å². The lowest BCUT2D eigenvalue weighted by molar-refractivity contribution is 0.0468. The molecule has 0 atom stereocenters. The third-order valence-electron chi connectivity index (χ3n) is 5.52. The molecule has 0 unspecified atom stereocenters. The van der Waals surface area contributed by atoms with E-state index in [1.807, 2.05) is 38.3 Å². The summed E-state index contributed by atoms with van der Waals surface area (Å²) >= 11 is 0. The molecular formula is C25H28N2O4. The molecule has 2 aromatic heterocycles. The zero-order chi connectivity index (χ0) is 23.0. The van der Waals surface area contributed by atoms with Crippen LogP contribution in [0.4, 0.5) is 0 Å². The Bertz CT molecular complexity index is 1190. The Hall–Kier alpha value is -3.41. The molecule has 0 aliphatic carbocycles. The minimum absolute atomic E-state index is 0.125. The lowest BCUT2D eigenvalue weighted by atomic mass is 10.1. The highest BCUT2D eigenvalue weighted by atomic mass is 16.5. The smallest absolute Gasteiger partial charge is 0.355 e. The molecule has 0 radical (unpaired) electrons. The largest absolute Gasteiger partial charge is 0.453 e. The maximum atomic E-state index is 12.8. The molecule has 0 aliphatic rings. The van der Waals surface area contributed by atoms with E-state index in [1.54, 1.807) is 13.8 Å². The molecule has 0 aliphatic heterocycles. The number of hydrogen-bond donors (Lipinski definition) is 1. The highest BCUT2D eigenvalue weighted by Gasteiger charge is 2.23. The van der Waals surface area contributed by atoms with Crippen molar-refractivity contribution in [2.45, 2.75) is 48.5 Å². The van der Waals surface area contributed by atoms with Crippen LogP contribution in [0, 0.1) is 41.5 Å². The molecule has 0 saturated heterocycles. The summed E-state index contributed by atoms with van der Waals surface area (Å²) in [5.74, 6) is -1.05. The first-order valence-corrected chi connectivity index (χ1v) is 10.2. The van der Waals surface area contributed by atoms with Gasteiger partial charge < -0.3 is 14.3 Å². The molecule has 162 valence electrons. The molecule has 6 heteroatoms. The molecule has 3 rings (SSSR count). The van der Waals surface area contributed by atoms with Crippen LogP contribution in [0.1, 0.15) is 71.9 Å². The number of aryl methyl sites for hydroxylation is 4. The van der Waals surface area contributed by atoms with Gasteiger partial charge in [0.2, 0.25) is 5.78 Å². The number of Topliss-reactive ketones (excluding diaryl/α,β-unsaturated/α-hetero) is 2. The second-order valence-electron chi connectivity index (χ2n) is 8.15. The lowest BCUT2D eigenvalue weighted by Gasteiger charge is -2.12. The molecule has 1 aromatic carbocycles. The normalized spacial score (nSPS) is 10.9. The molecule has 0 saturated carbocycles. The van der Waals surface area contributed by atoms with E-state index in [9.17, 15) is 14.4 Å². The molecule has 31 heavy (non-hydrogen) atoms. The van der Waals surface area contributed by atoms with Crippen molar-refractivity contribution in [2.24, 2.45) is 0 Å². The Balaban J connectivity index is 1.81. The van der Waals surface area contributed by atoms with Crippen molar-refractivity contribution in [3.63, 3.8) is 0 Å². The van der Waals surface area contributed by atoms with Crippen LogP contribution in [-0.2, 0) is 4.74 Å². The molecule has 2 heterocycles. The molecule has 0 amide bonds. The number of ketones is 2. The van der Waals surface area contributed by atoms with Gasteiger partial charge in [0, 0.05) is 33.9 Å². The number of H-pyrrole nitrogens is 1. The average Bonchev–Trinajstić information content (AvgIpc) is 3.13. The predicted octanol–water partition coefficient (Wildman–Crippen LogP) is 4.90. The first kappa shape index (κ1) is 22.3. The third-order valence-corrected chi connectivity index (χ3v) is 5.52. The Kier molecular flexibility index (Phi) is 6.02. The van der Waals surface area contributed by atoms with Crippen molar-refractivity contribution in [1.29, 1.82) is 0 Å². The number of carbonyl (C=O) groups is 3. The fourth-order valence-corrected chi connectivity index (χ4v) is 4.29.